The Morgan fingerprint density at radius 3 is 2.12 bits per heavy atom. The maximum atomic E-state index is 12.9. The highest BCUT2D eigenvalue weighted by atomic mass is 32.2. The SMILES string of the molecule is NC(N)=NCCC(=O)N1CCN(OS(=O)(=O)c2ccc3c(c2)C(=O)c2ccccc2C3=O)CC1. The second-order valence-electron chi connectivity index (χ2n) is 7.81. The lowest BCUT2D eigenvalue weighted by atomic mass is 9.84. The van der Waals surface area contributed by atoms with E-state index in [1.165, 1.54) is 29.3 Å². The molecule has 2 aromatic carbocycles. The summed E-state index contributed by atoms with van der Waals surface area (Å²) in [4.78, 5) is 42.9. The summed E-state index contributed by atoms with van der Waals surface area (Å²) >= 11 is 0. The van der Waals surface area contributed by atoms with Gasteiger partial charge in [-0.25, -0.2) is 0 Å². The number of benzene rings is 2. The third-order valence-corrected chi connectivity index (χ3v) is 6.84. The van der Waals surface area contributed by atoms with Crippen LogP contribution < -0.4 is 11.5 Å². The zero-order chi connectivity index (χ0) is 24.5. The molecule has 1 amide bonds. The van der Waals surface area contributed by atoms with Gasteiger partial charge in [-0.3, -0.25) is 19.4 Å². The van der Waals surface area contributed by atoms with Crippen LogP contribution in [0.15, 0.2) is 52.4 Å². The van der Waals surface area contributed by atoms with Crippen molar-refractivity contribution in [2.45, 2.75) is 11.3 Å². The van der Waals surface area contributed by atoms with E-state index in [4.69, 9.17) is 15.8 Å². The minimum atomic E-state index is -4.26. The van der Waals surface area contributed by atoms with Crippen molar-refractivity contribution < 1.29 is 27.1 Å². The number of rotatable bonds is 6. The number of fused-ring (bicyclic) bond motifs is 2. The Balaban J connectivity index is 1.43. The molecule has 0 bridgehead atoms. The monoisotopic (exact) mass is 485 g/mol. The maximum Gasteiger partial charge on any atom is 0.313 e. The highest BCUT2D eigenvalue weighted by Crippen LogP contribution is 2.29. The number of aliphatic imine (C=N–C) groups is 1. The van der Waals surface area contributed by atoms with Gasteiger partial charge < -0.3 is 16.4 Å². The Morgan fingerprint density at radius 2 is 1.50 bits per heavy atom. The van der Waals surface area contributed by atoms with Gasteiger partial charge in [0.05, 0.1) is 11.4 Å². The molecule has 12 heteroatoms. The quantitative estimate of drug-likeness (QED) is 0.358. The minimum Gasteiger partial charge on any atom is -0.370 e. The summed E-state index contributed by atoms with van der Waals surface area (Å²) < 4.78 is 31.0. The Kier molecular flexibility index (Phi) is 6.46. The van der Waals surface area contributed by atoms with Crippen LogP contribution >= 0.6 is 0 Å². The van der Waals surface area contributed by atoms with E-state index in [-0.39, 0.29) is 83.9 Å². The normalized spacial score (nSPS) is 16.1. The van der Waals surface area contributed by atoms with E-state index in [1.54, 1.807) is 23.1 Å². The second-order valence-corrected chi connectivity index (χ2v) is 9.33. The zero-order valence-electron chi connectivity index (χ0n) is 18.1. The number of carbonyl (C=O) groups excluding carboxylic acids is 3. The van der Waals surface area contributed by atoms with Gasteiger partial charge in [0.15, 0.2) is 17.5 Å². The molecule has 0 aromatic heterocycles. The van der Waals surface area contributed by atoms with Crippen LogP contribution in [0.25, 0.3) is 0 Å². The third kappa shape index (κ3) is 4.69. The molecular weight excluding hydrogens is 462 g/mol. The summed E-state index contributed by atoms with van der Waals surface area (Å²) in [5.41, 5.74) is 11.2. The number of hydrogen-bond acceptors (Lipinski definition) is 8. The number of amides is 1. The summed E-state index contributed by atoms with van der Waals surface area (Å²) in [6.07, 6.45) is 0.141. The van der Waals surface area contributed by atoms with E-state index in [0.717, 1.165) is 0 Å². The molecule has 0 radical (unpaired) electrons. The molecule has 2 aliphatic rings. The first-order chi connectivity index (χ1) is 16.2. The molecule has 0 atom stereocenters. The number of piperazine rings is 1. The number of guanidine groups is 1. The number of nitrogens with zero attached hydrogens (tertiary/aromatic N) is 3. The zero-order valence-corrected chi connectivity index (χ0v) is 19.0. The van der Waals surface area contributed by atoms with Crippen molar-refractivity contribution in [3.63, 3.8) is 0 Å². The van der Waals surface area contributed by atoms with Gasteiger partial charge in [-0.2, -0.15) is 17.8 Å². The van der Waals surface area contributed by atoms with Crippen molar-refractivity contribution in [2.75, 3.05) is 32.7 Å². The summed E-state index contributed by atoms with van der Waals surface area (Å²) in [6, 6.07) is 10.2. The van der Waals surface area contributed by atoms with Crippen molar-refractivity contribution in [1.29, 1.82) is 0 Å². The fourth-order valence-corrected chi connectivity index (χ4v) is 4.88. The molecule has 1 aliphatic heterocycles. The molecule has 2 aromatic rings. The van der Waals surface area contributed by atoms with Gasteiger partial charge in [0.1, 0.15) is 0 Å². The van der Waals surface area contributed by atoms with E-state index < -0.39 is 15.9 Å². The van der Waals surface area contributed by atoms with E-state index in [2.05, 4.69) is 4.99 Å². The Bertz CT molecular complexity index is 1290. The number of carbonyl (C=O) groups is 3. The highest BCUT2D eigenvalue weighted by Gasteiger charge is 2.32. The van der Waals surface area contributed by atoms with E-state index in [0.29, 0.717) is 0 Å². The van der Waals surface area contributed by atoms with E-state index in [9.17, 15) is 22.8 Å². The number of nitrogens with two attached hydrogens (primary N) is 2. The summed E-state index contributed by atoms with van der Waals surface area (Å²) in [5.74, 6) is -0.995. The van der Waals surface area contributed by atoms with Crippen LogP contribution in [0.2, 0.25) is 0 Å². The lowest BCUT2D eigenvalue weighted by Crippen LogP contribution is -2.49. The first-order valence-corrected chi connectivity index (χ1v) is 11.9. The van der Waals surface area contributed by atoms with Gasteiger partial charge in [-0.1, -0.05) is 24.3 Å². The largest absolute Gasteiger partial charge is 0.370 e. The van der Waals surface area contributed by atoms with Crippen LogP contribution in [0.4, 0.5) is 0 Å². The lowest BCUT2D eigenvalue weighted by molar-refractivity contribution is -0.139. The summed E-state index contributed by atoms with van der Waals surface area (Å²) in [5, 5.41) is 1.25. The molecule has 4 N–H and O–H groups in total. The molecule has 1 heterocycles. The number of hydrogen-bond donors (Lipinski definition) is 2. The Hall–Kier alpha value is -3.61. The highest BCUT2D eigenvalue weighted by molar-refractivity contribution is 7.86. The van der Waals surface area contributed by atoms with Crippen LogP contribution in [-0.2, 0) is 19.2 Å². The van der Waals surface area contributed by atoms with E-state index in [1.807, 2.05) is 0 Å². The molecule has 1 saturated heterocycles. The van der Waals surface area contributed by atoms with E-state index >= 15 is 0 Å². The average molecular weight is 486 g/mol. The van der Waals surface area contributed by atoms with Crippen molar-refractivity contribution in [3.05, 3.63) is 64.7 Å². The standard InChI is InChI=1S/C22H23N5O6S/c23-22(24)25-8-7-19(28)26-9-11-27(12-10-26)33-34(31,32)14-5-6-17-18(13-14)21(30)16-4-2-1-3-15(16)20(17)29/h1-6,13H,7-12H2,(H4,23,24,25). The summed E-state index contributed by atoms with van der Waals surface area (Å²) in [7, 11) is -4.26. The van der Waals surface area contributed by atoms with Crippen molar-refractivity contribution in [1.82, 2.24) is 9.96 Å². The minimum absolute atomic E-state index is 0.0181. The average Bonchev–Trinajstić information content (AvgIpc) is 2.82. The predicted molar refractivity (Wildman–Crippen MR) is 121 cm³/mol. The molecule has 4 rings (SSSR count). The lowest BCUT2D eigenvalue weighted by Gasteiger charge is -2.33. The van der Waals surface area contributed by atoms with Gasteiger partial charge in [0.2, 0.25) is 5.91 Å². The predicted octanol–water partition coefficient (Wildman–Crippen LogP) is -0.110. The van der Waals surface area contributed by atoms with Crippen LogP contribution in [0.5, 0.6) is 0 Å². The fourth-order valence-electron chi connectivity index (χ4n) is 3.87. The Morgan fingerprint density at radius 1 is 0.912 bits per heavy atom. The van der Waals surface area contributed by atoms with Gasteiger partial charge in [0.25, 0.3) is 0 Å². The van der Waals surface area contributed by atoms with Crippen molar-refractivity contribution in [3.8, 4) is 0 Å². The van der Waals surface area contributed by atoms with Crippen LogP contribution in [0, 0.1) is 0 Å². The Labute approximate surface area is 196 Å². The first-order valence-electron chi connectivity index (χ1n) is 10.5. The number of ketones is 2. The third-order valence-electron chi connectivity index (χ3n) is 5.60. The molecule has 0 saturated carbocycles. The fraction of sp³-hybridized carbons (Fsp3) is 0.273. The van der Waals surface area contributed by atoms with Gasteiger partial charge in [0, 0.05) is 54.9 Å². The maximum absolute atomic E-state index is 12.9. The number of hydroxylamine groups is 2. The molecular formula is C22H23N5O6S. The summed E-state index contributed by atoms with van der Waals surface area (Å²) in [6.45, 7) is 1.05. The second kappa shape index (κ2) is 9.33. The molecule has 0 unspecified atom stereocenters. The molecule has 1 aliphatic carbocycles. The first kappa shape index (κ1) is 23.5. The van der Waals surface area contributed by atoms with Crippen LogP contribution in [0.3, 0.4) is 0 Å². The molecule has 34 heavy (non-hydrogen) atoms. The molecule has 0 spiro atoms. The van der Waals surface area contributed by atoms with Crippen LogP contribution in [0.1, 0.15) is 38.3 Å². The topological polar surface area (TPSA) is 165 Å². The van der Waals surface area contributed by atoms with Gasteiger partial charge in [-0.15, -0.1) is 0 Å². The van der Waals surface area contributed by atoms with Gasteiger partial charge in [-0.05, 0) is 18.2 Å². The van der Waals surface area contributed by atoms with Crippen LogP contribution in [-0.4, -0.2) is 74.5 Å². The smallest absolute Gasteiger partial charge is 0.313 e. The molecule has 1 fully saturated rings. The van der Waals surface area contributed by atoms with Crippen molar-refractivity contribution >= 4 is 33.6 Å². The molecule has 11 nitrogen and oxygen atoms in total. The van der Waals surface area contributed by atoms with Gasteiger partial charge >= 0.3 is 10.1 Å². The van der Waals surface area contributed by atoms with Crippen molar-refractivity contribution in [2.24, 2.45) is 16.5 Å². The molecule has 178 valence electrons.